The number of amides is 1. The molecule has 3 rings (SSSR count). The summed E-state index contributed by atoms with van der Waals surface area (Å²) in [5, 5.41) is 0. The van der Waals surface area contributed by atoms with Crippen molar-refractivity contribution in [2.75, 3.05) is 0 Å². The molecular weight excluding hydrogens is 299 g/mol. The Kier molecular flexibility index (Phi) is 3.66. The van der Waals surface area contributed by atoms with Gasteiger partial charge in [0.05, 0.1) is 15.8 Å². The lowest BCUT2D eigenvalue weighted by Crippen LogP contribution is -2.14. The monoisotopic (exact) mass is 314 g/mol. The van der Waals surface area contributed by atoms with Crippen molar-refractivity contribution in [1.82, 2.24) is 4.57 Å². The highest BCUT2D eigenvalue weighted by Crippen LogP contribution is 2.23. The minimum Gasteiger partial charge on any atom is -0.319 e. The molecule has 5 heteroatoms. The van der Waals surface area contributed by atoms with Crippen molar-refractivity contribution in [3.63, 3.8) is 0 Å². The summed E-state index contributed by atoms with van der Waals surface area (Å²) in [6.07, 6.45) is 0. The van der Waals surface area contributed by atoms with Gasteiger partial charge in [-0.3, -0.25) is 4.79 Å². The second kappa shape index (κ2) is 5.50. The van der Waals surface area contributed by atoms with Gasteiger partial charge in [-0.05, 0) is 43.2 Å². The number of fused-ring (bicyclic) bond motifs is 1. The summed E-state index contributed by atoms with van der Waals surface area (Å²) in [6, 6.07) is 9.97. The maximum Gasteiger partial charge on any atom is 0.282 e. The lowest BCUT2D eigenvalue weighted by atomic mass is 10.1. The fraction of sp³-hybridized carbons (Fsp3) is 0.176. The summed E-state index contributed by atoms with van der Waals surface area (Å²) in [4.78, 5) is 16.9. The lowest BCUT2D eigenvalue weighted by molar-refractivity contribution is 0.0994. The van der Waals surface area contributed by atoms with E-state index in [1.54, 1.807) is 12.1 Å². The molecule has 2 aromatic carbocycles. The van der Waals surface area contributed by atoms with Gasteiger partial charge < -0.3 is 4.57 Å². The topological polar surface area (TPSA) is 34.4 Å². The number of halogens is 1. The number of benzene rings is 2. The Bertz CT molecular complexity index is 953. The number of aromatic nitrogens is 1. The third-order valence-electron chi connectivity index (χ3n) is 3.79. The number of carbonyl (C=O) groups excluding carboxylic acids is 1. The Labute approximate surface area is 131 Å². The van der Waals surface area contributed by atoms with Gasteiger partial charge in [0, 0.05) is 7.05 Å². The third kappa shape index (κ3) is 2.37. The number of thiazole rings is 1. The molecular formula is C17H15FN2OS. The van der Waals surface area contributed by atoms with E-state index in [2.05, 4.69) is 11.1 Å². The molecule has 112 valence electrons. The van der Waals surface area contributed by atoms with E-state index in [0.717, 1.165) is 15.8 Å². The van der Waals surface area contributed by atoms with Crippen molar-refractivity contribution in [3.8, 4) is 0 Å². The molecule has 3 aromatic rings. The van der Waals surface area contributed by atoms with Gasteiger partial charge in [-0.2, -0.15) is 4.99 Å². The number of nitrogens with zero attached hydrogens (tertiary/aromatic N) is 2. The standard InChI is InChI=1S/C17H15FN2OS/c1-10-8-9-14-15(11(10)2)20(3)17(22-14)19-16(21)12-6-4-5-7-13(12)18/h4-9H,1-3H3. The van der Waals surface area contributed by atoms with Gasteiger partial charge in [0.15, 0.2) is 4.80 Å². The molecule has 22 heavy (non-hydrogen) atoms. The average molecular weight is 314 g/mol. The van der Waals surface area contributed by atoms with Crippen LogP contribution in [0.2, 0.25) is 0 Å². The molecule has 1 amide bonds. The summed E-state index contributed by atoms with van der Waals surface area (Å²) < 4.78 is 16.6. The molecule has 3 nitrogen and oxygen atoms in total. The number of hydrogen-bond acceptors (Lipinski definition) is 2. The number of hydrogen-bond donors (Lipinski definition) is 0. The Balaban J connectivity index is 2.19. The molecule has 0 N–H and O–H groups in total. The molecule has 0 spiro atoms. The first-order valence-electron chi connectivity index (χ1n) is 6.88. The van der Waals surface area contributed by atoms with E-state index in [1.807, 2.05) is 31.5 Å². The van der Waals surface area contributed by atoms with Crippen molar-refractivity contribution < 1.29 is 9.18 Å². The summed E-state index contributed by atoms with van der Waals surface area (Å²) in [5.74, 6) is -1.11. The van der Waals surface area contributed by atoms with Crippen molar-refractivity contribution >= 4 is 27.5 Å². The average Bonchev–Trinajstić information content (AvgIpc) is 2.80. The molecule has 0 aliphatic heterocycles. The first-order chi connectivity index (χ1) is 10.5. The normalized spacial score (nSPS) is 12.1. The van der Waals surface area contributed by atoms with E-state index in [9.17, 15) is 9.18 Å². The predicted octanol–water partition coefficient (Wildman–Crippen LogP) is 3.74. The molecule has 0 saturated heterocycles. The molecule has 0 aliphatic carbocycles. The molecule has 0 aliphatic rings. The second-order valence-corrected chi connectivity index (χ2v) is 6.20. The van der Waals surface area contributed by atoms with Gasteiger partial charge in [0.1, 0.15) is 5.82 Å². The predicted molar refractivity (Wildman–Crippen MR) is 86.6 cm³/mol. The smallest absolute Gasteiger partial charge is 0.282 e. The zero-order valence-electron chi connectivity index (χ0n) is 12.6. The Morgan fingerprint density at radius 3 is 2.64 bits per heavy atom. The van der Waals surface area contributed by atoms with Crippen LogP contribution in [0.4, 0.5) is 4.39 Å². The molecule has 0 radical (unpaired) electrons. The van der Waals surface area contributed by atoms with E-state index in [0.29, 0.717) is 4.80 Å². The minimum absolute atomic E-state index is 0.00661. The summed E-state index contributed by atoms with van der Waals surface area (Å²) in [6.45, 7) is 4.10. The zero-order valence-corrected chi connectivity index (χ0v) is 13.4. The van der Waals surface area contributed by atoms with E-state index >= 15 is 0 Å². The maximum atomic E-state index is 13.7. The first-order valence-corrected chi connectivity index (χ1v) is 7.70. The van der Waals surface area contributed by atoms with Gasteiger partial charge in [-0.1, -0.05) is 29.5 Å². The largest absolute Gasteiger partial charge is 0.319 e. The Morgan fingerprint density at radius 2 is 1.91 bits per heavy atom. The van der Waals surface area contributed by atoms with Crippen LogP contribution < -0.4 is 4.80 Å². The third-order valence-corrected chi connectivity index (χ3v) is 4.89. The summed E-state index contributed by atoms with van der Waals surface area (Å²) >= 11 is 1.43. The van der Waals surface area contributed by atoms with Gasteiger partial charge in [0.25, 0.3) is 5.91 Å². The highest BCUT2D eigenvalue weighted by Gasteiger charge is 2.12. The first kappa shape index (κ1) is 14.7. The molecule has 0 fully saturated rings. The van der Waals surface area contributed by atoms with Crippen LogP contribution in [0.1, 0.15) is 21.5 Å². The number of aryl methyl sites for hydroxylation is 3. The van der Waals surface area contributed by atoms with Crippen molar-refractivity contribution in [3.05, 3.63) is 63.7 Å². The number of carbonyl (C=O) groups is 1. The van der Waals surface area contributed by atoms with Crippen molar-refractivity contribution in [2.45, 2.75) is 13.8 Å². The Morgan fingerprint density at radius 1 is 1.18 bits per heavy atom. The van der Waals surface area contributed by atoms with E-state index in [1.165, 1.54) is 29.0 Å². The zero-order chi connectivity index (χ0) is 15.9. The molecule has 0 atom stereocenters. The van der Waals surface area contributed by atoms with E-state index in [4.69, 9.17) is 0 Å². The van der Waals surface area contributed by atoms with Gasteiger partial charge in [-0.15, -0.1) is 0 Å². The van der Waals surface area contributed by atoms with Crippen LogP contribution in [0.15, 0.2) is 41.4 Å². The summed E-state index contributed by atoms with van der Waals surface area (Å²) in [7, 11) is 1.87. The van der Waals surface area contributed by atoms with E-state index in [-0.39, 0.29) is 5.56 Å². The van der Waals surface area contributed by atoms with Crippen molar-refractivity contribution in [1.29, 1.82) is 0 Å². The Hall–Kier alpha value is -2.27. The van der Waals surface area contributed by atoms with Gasteiger partial charge in [-0.25, -0.2) is 4.39 Å². The highest BCUT2D eigenvalue weighted by atomic mass is 32.1. The van der Waals surface area contributed by atoms with Crippen LogP contribution in [0, 0.1) is 19.7 Å². The maximum absolute atomic E-state index is 13.7. The van der Waals surface area contributed by atoms with Crippen molar-refractivity contribution in [2.24, 2.45) is 12.0 Å². The molecule has 1 aromatic heterocycles. The van der Waals surface area contributed by atoms with E-state index < -0.39 is 11.7 Å². The van der Waals surface area contributed by atoms with Crippen LogP contribution in [0.25, 0.3) is 10.2 Å². The van der Waals surface area contributed by atoms with Gasteiger partial charge >= 0.3 is 0 Å². The quantitative estimate of drug-likeness (QED) is 0.674. The van der Waals surface area contributed by atoms with Gasteiger partial charge in [0.2, 0.25) is 0 Å². The molecule has 1 heterocycles. The molecule has 0 saturated carbocycles. The minimum atomic E-state index is -0.561. The molecule has 0 unspecified atom stereocenters. The van der Waals surface area contributed by atoms with Crippen LogP contribution in [0.3, 0.4) is 0 Å². The SMILES string of the molecule is Cc1ccc2sc(=NC(=O)c3ccccc3F)n(C)c2c1C. The lowest BCUT2D eigenvalue weighted by Gasteiger charge is -2.03. The highest BCUT2D eigenvalue weighted by molar-refractivity contribution is 7.16. The van der Waals surface area contributed by atoms with Crippen LogP contribution in [-0.2, 0) is 7.05 Å². The second-order valence-electron chi connectivity index (χ2n) is 5.19. The van der Waals surface area contributed by atoms with Crippen LogP contribution in [-0.4, -0.2) is 10.5 Å². The van der Waals surface area contributed by atoms with Crippen LogP contribution >= 0.6 is 11.3 Å². The molecule has 0 bridgehead atoms. The van der Waals surface area contributed by atoms with Crippen LogP contribution in [0.5, 0.6) is 0 Å². The summed E-state index contributed by atoms with van der Waals surface area (Å²) in [5.41, 5.74) is 3.40. The fourth-order valence-electron chi connectivity index (χ4n) is 2.42. The number of rotatable bonds is 1. The fourth-order valence-corrected chi connectivity index (χ4v) is 3.49.